The minimum absolute atomic E-state index is 0.231. The fourth-order valence-corrected chi connectivity index (χ4v) is 2.77. The van der Waals surface area contributed by atoms with Gasteiger partial charge in [0.1, 0.15) is 5.69 Å². The zero-order valence-electron chi connectivity index (χ0n) is 13.7. The number of nitrogens with one attached hydrogen (secondary N) is 4. The van der Waals surface area contributed by atoms with Crippen LogP contribution in [0.15, 0.2) is 24.5 Å². The third-order valence-corrected chi connectivity index (χ3v) is 4.30. The van der Waals surface area contributed by atoms with Gasteiger partial charge in [0, 0.05) is 17.0 Å². The zero-order chi connectivity index (χ0) is 17.4. The molecular weight excluding hydrogens is 320 g/mol. The number of aromatic amines is 2. The number of hydrogen-bond acceptors (Lipinski definition) is 4. The molecule has 0 spiro atoms. The second-order valence-corrected chi connectivity index (χ2v) is 6.18. The molecule has 0 bridgehead atoms. The first-order valence-corrected chi connectivity index (χ1v) is 8.27. The van der Waals surface area contributed by atoms with Crippen molar-refractivity contribution >= 4 is 28.4 Å². The molecule has 8 nitrogen and oxygen atoms in total. The van der Waals surface area contributed by atoms with Crippen LogP contribution in [0.3, 0.4) is 0 Å². The molecule has 1 saturated carbocycles. The van der Waals surface area contributed by atoms with Gasteiger partial charge < -0.3 is 10.6 Å². The Hall–Kier alpha value is -3.16. The second kappa shape index (κ2) is 6.04. The highest BCUT2D eigenvalue weighted by Gasteiger charge is 2.26. The van der Waals surface area contributed by atoms with Gasteiger partial charge in [0.05, 0.1) is 23.6 Å². The molecule has 1 aliphatic carbocycles. The summed E-state index contributed by atoms with van der Waals surface area (Å²) in [5.74, 6) is -0.547. The lowest BCUT2D eigenvalue weighted by atomic mass is 10.0. The molecule has 2 heterocycles. The number of fused-ring (bicyclic) bond motifs is 1. The van der Waals surface area contributed by atoms with E-state index in [4.69, 9.17) is 0 Å². The van der Waals surface area contributed by atoms with Gasteiger partial charge in [-0.15, -0.1) is 0 Å². The number of rotatable bonds is 5. The van der Waals surface area contributed by atoms with Gasteiger partial charge in [-0.2, -0.15) is 10.2 Å². The average Bonchev–Trinajstić information content (AvgIpc) is 3.11. The summed E-state index contributed by atoms with van der Waals surface area (Å²) in [6.45, 7) is 2.02. The van der Waals surface area contributed by atoms with E-state index in [1.165, 1.54) is 6.20 Å². The van der Waals surface area contributed by atoms with Gasteiger partial charge in [-0.25, -0.2) is 0 Å². The van der Waals surface area contributed by atoms with E-state index in [2.05, 4.69) is 31.0 Å². The Bertz CT molecular complexity index is 953. The van der Waals surface area contributed by atoms with Crippen LogP contribution in [-0.4, -0.2) is 38.3 Å². The molecule has 4 rings (SSSR count). The number of aryl methyl sites for hydroxylation is 1. The third kappa shape index (κ3) is 2.98. The lowest BCUT2D eigenvalue weighted by Gasteiger charge is -2.08. The summed E-state index contributed by atoms with van der Waals surface area (Å²) in [6.07, 6.45) is 5.90. The van der Waals surface area contributed by atoms with E-state index in [9.17, 15) is 9.59 Å². The Balaban J connectivity index is 1.58. The Morgan fingerprint density at radius 3 is 2.72 bits per heavy atom. The maximum absolute atomic E-state index is 12.6. The van der Waals surface area contributed by atoms with Crippen molar-refractivity contribution in [2.24, 2.45) is 0 Å². The summed E-state index contributed by atoms with van der Waals surface area (Å²) in [7, 11) is 0. The van der Waals surface area contributed by atoms with E-state index < -0.39 is 0 Å². The number of H-pyrrole nitrogens is 2. The summed E-state index contributed by atoms with van der Waals surface area (Å²) < 4.78 is 0. The number of carbonyl (C=O) groups excluding carboxylic acids is 2. The molecule has 2 amide bonds. The van der Waals surface area contributed by atoms with E-state index >= 15 is 0 Å². The van der Waals surface area contributed by atoms with Gasteiger partial charge in [0.2, 0.25) is 0 Å². The van der Waals surface area contributed by atoms with E-state index in [0.29, 0.717) is 11.3 Å². The van der Waals surface area contributed by atoms with Crippen LogP contribution in [0.1, 0.15) is 46.2 Å². The number of carbonyl (C=O) groups is 2. The minimum atomic E-state index is -0.292. The summed E-state index contributed by atoms with van der Waals surface area (Å²) >= 11 is 0. The quantitative estimate of drug-likeness (QED) is 0.569. The van der Waals surface area contributed by atoms with Gasteiger partial charge >= 0.3 is 0 Å². The molecule has 0 radical (unpaired) electrons. The molecule has 1 aliphatic rings. The first-order valence-electron chi connectivity index (χ1n) is 8.27. The van der Waals surface area contributed by atoms with Crippen molar-refractivity contribution in [3.05, 3.63) is 41.3 Å². The van der Waals surface area contributed by atoms with Crippen LogP contribution in [0.2, 0.25) is 0 Å². The fourth-order valence-electron chi connectivity index (χ4n) is 2.77. The Labute approximate surface area is 143 Å². The Kier molecular flexibility index (Phi) is 3.72. The predicted octanol–water partition coefficient (Wildman–Crippen LogP) is 1.99. The first-order chi connectivity index (χ1) is 12.2. The van der Waals surface area contributed by atoms with E-state index in [0.717, 1.165) is 35.7 Å². The van der Waals surface area contributed by atoms with Crippen LogP contribution in [0, 0.1) is 0 Å². The van der Waals surface area contributed by atoms with Crippen LogP contribution in [0.5, 0.6) is 0 Å². The van der Waals surface area contributed by atoms with Crippen molar-refractivity contribution < 1.29 is 9.59 Å². The minimum Gasteiger partial charge on any atom is -0.348 e. The number of anilines is 1. The van der Waals surface area contributed by atoms with Crippen LogP contribution in [0.4, 0.5) is 5.69 Å². The zero-order valence-corrected chi connectivity index (χ0v) is 13.7. The standard InChI is InChI=1S/C17H18N6O2/c1-2-9-5-10(6-11-7-18-22-14(9)11)16(24)21-13-8-19-23-15(13)17(25)20-12-3-4-12/h5-8,12H,2-4H2,1H3,(H,18,22)(H,19,23)(H,20,25)(H,21,24). The number of benzene rings is 1. The van der Waals surface area contributed by atoms with Crippen LogP contribution in [-0.2, 0) is 6.42 Å². The molecule has 0 aliphatic heterocycles. The Morgan fingerprint density at radius 1 is 1.16 bits per heavy atom. The van der Waals surface area contributed by atoms with Crippen LogP contribution in [0.25, 0.3) is 10.9 Å². The average molecular weight is 338 g/mol. The molecule has 3 aromatic rings. The van der Waals surface area contributed by atoms with Crippen molar-refractivity contribution in [2.75, 3.05) is 5.32 Å². The molecule has 1 fully saturated rings. The molecule has 128 valence electrons. The summed E-state index contributed by atoms with van der Waals surface area (Å²) in [4.78, 5) is 24.8. The summed E-state index contributed by atoms with van der Waals surface area (Å²) in [6, 6.07) is 3.84. The molecule has 0 atom stereocenters. The monoisotopic (exact) mass is 338 g/mol. The van der Waals surface area contributed by atoms with Gasteiger partial charge in [0.25, 0.3) is 11.8 Å². The molecule has 25 heavy (non-hydrogen) atoms. The SMILES string of the molecule is CCc1cc(C(=O)Nc2cn[nH]c2C(=O)NC2CC2)cc2cn[nH]c12. The van der Waals surface area contributed by atoms with Crippen molar-refractivity contribution in [3.63, 3.8) is 0 Å². The van der Waals surface area contributed by atoms with Gasteiger partial charge in [0.15, 0.2) is 0 Å². The maximum Gasteiger partial charge on any atom is 0.271 e. The number of hydrogen-bond donors (Lipinski definition) is 4. The van der Waals surface area contributed by atoms with Crippen LogP contribution >= 0.6 is 0 Å². The topological polar surface area (TPSA) is 116 Å². The van der Waals surface area contributed by atoms with Gasteiger partial charge in [-0.3, -0.25) is 19.8 Å². The van der Waals surface area contributed by atoms with Crippen molar-refractivity contribution in [2.45, 2.75) is 32.2 Å². The van der Waals surface area contributed by atoms with Crippen LogP contribution < -0.4 is 10.6 Å². The largest absolute Gasteiger partial charge is 0.348 e. The third-order valence-electron chi connectivity index (χ3n) is 4.30. The second-order valence-electron chi connectivity index (χ2n) is 6.18. The highest BCUT2D eigenvalue weighted by molar-refractivity contribution is 6.09. The van der Waals surface area contributed by atoms with E-state index in [-0.39, 0.29) is 23.6 Å². The molecule has 1 aromatic carbocycles. The van der Waals surface area contributed by atoms with Gasteiger partial charge in [-0.1, -0.05) is 6.92 Å². The highest BCUT2D eigenvalue weighted by Crippen LogP contribution is 2.22. The summed E-state index contributed by atoms with van der Waals surface area (Å²) in [5, 5.41) is 20.0. The molecule has 0 unspecified atom stereocenters. The number of aromatic nitrogens is 4. The lowest BCUT2D eigenvalue weighted by Crippen LogP contribution is -2.27. The molecule has 8 heteroatoms. The van der Waals surface area contributed by atoms with E-state index in [1.807, 2.05) is 13.0 Å². The highest BCUT2D eigenvalue weighted by atomic mass is 16.2. The predicted molar refractivity (Wildman–Crippen MR) is 92.5 cm³/mol. The first kappa shape index (κ1) is 15.4. The Morgan fingerprint density at radius 2 is 1.96 bits per heavy atom. The fraction of sp³-hybridized carbons (Fsp3) is 0.294. The normalized spacial score (nSPS) is 13.8. The molecule has 2 aromatic heterocycles. The molecule has 4 N–H and O–H groups in total. The summed E-state index contributed by atoms with van der Waals surface area (Å²) in [5.41, 5.74) is 3.10. The number of nitrogens with zero attached hydrogens (tertiary/aromatic N) is 2. The van der Waals surface area contributed by atoms with Crippen molar-refractivity contribution in [3.8, 4) is 0 Å². The number of amides is 2. The lowest BCUT2D eigenvalue weighted by molar-refractivity contribution is 0.0947. The molecule has 0 saturated heterocycles. The maximum atomic E-state index is 12.6. The van der Waals surface area contributed by atoms with Crippen molar-refractivity contribution in [1.82, 2.24) is 25.7 Å². The van der Waals surface area contributed by atoms with E-state index in [1.54, 1.807) is 12.3 Å². The van der Waals surface area contributed by atoms with Gasteiger partial charge in [-0.05, 0) is 37.0 Å². The van der Waals surface area contributed by atoms with Crippen molar-refractivity contribution in [1.29, 1.82) is 0 Å². The smallest absolute Gasteiger partial charge is 0.271 e. The molecular formula is C17H18N6O2.